The third kappa shape index (κ3) is 2.93. The molecule has 0 saturated carbocycles. The van der Waals surface area contributed by atoms with Crippen molar-refractivity contribution in [2.24, 2.45) is 0 Å². The number of fused-ring (bicyclic) bond motifs is 3. The monoisotopic (exact) mass is 383 g/mol. The van der Waals surface area contributed by atoms with Gasteiger partial charge in [-0.05, 0) is 19.1 Å². The number of morpholine rings is 1. The maximum absolute atomic E-state index is 14.1. The molecule has 144 valence electrons. The normalized spacial score (nSPS) is 22.0. The van der Waals surface area contributed by atoms with Gasteiger partial charge in [-0.2, -0.15) is 5.10 Å². The molecule has 2 aromatic heterocycles. The van der Waals surface area contributed by atoms with E-state index in [1.807, 2.05) is 6.07 Å². The van der Waals surface area contributed by atoms with E-state index in [0.717, 1.165) is 36.7 Å². The zero-order valence-corrected chi connectivity index (χ0v) is 15.3. The quantitative estimate of drug-likeness (QED) is 0.745. The molecule has 3 atom stereocenters. The molecule has 3 fully saturated rings. The SMILES string of the molecule is C[C@@H](Nc1cnnc2ncc(N3CC4CC(C3)O4)cc12)c1cccc(F)c1F. The second-order valence-corrected chi connectivity index (χ2v) is 7.35. The van der Waals surface area contributed by atoms with Gasteiger partial charge in [-0.3, -0.25) is 0 Å². The summed E-state index contributed by atoms with van der Waals surface area (Å²) < 4.78 is 33.4. The fraction of sp³-hybridized carbons (Fsp3) is 0.350. The van der Waals surface area contributed by atoms with Gasteiger partial charge in [0.25, 0.3) is 0 Å². The van der Waals surface area contributed by atoms with Gasteiger partial charge in [-0.15, -0.1) is 5.10 Å². The number of ether oxygens (including phenoxy) is 1. The van der Waals surface area contributed by atoms with E-state index in [1.165, 1.54) is 6.07 Å². The Kier molecular flexibility index (Phi) is 4.08. The van der Waals surface area contributed by atoms with Crippen molar-refractivity contribution in [1.82, 2.24) is 15.2 Å². The van der Waals surface area contributed by atoms with Crippen molar-refractivity contribution in [1.29, 1.82) is 0 Å². The van der Waals surface area contributed by atoms with E-state index in [1.54, 1.807) is 25.4 Å². The van der Waals surface area contributed by atoms with E-state index in [-0.39, 0.29) is 5.56 Å². The molecule has 1 N–H and O–H groups in total. The minimum Gasteiger partial charge on any atom is -0.377 e. The van der Waals surface area contributed by atoms with Crippen LogP contribution in [0, 0.1) is 11.6 Å². The van der Waals surface area contributed by atoms with Gasteiger partial charge in [0.2, 0.25) is 0 Å². The summed E-state index contributed by atoms with van der Waals surface area (Å²) in [6.45, 7) is 3.46. The fourth-order valence-electron chi connectivity index (χ4n) is 3.96. The van der Waals surface area contributed by atoms with Crippen LogP contribution in [0.4, 0.5) is 20.2 Å². The molecule has 6 nitrogen and oxygen atoms in total. The van der Waals surface area contributed by atoms with E-state index in [0.29, 0.717) is 23.5 Å². The molecule has 2 unspecified atom stereocenters. The van der Waals surface area contributed by atoms with E-state index in [4.69, 9.17) is 4.74 Å². The third-order valence-electron chi connectivity index (χ3n) is 5.43. The predicted molar refractivity (Wildman–Crippen MR) is 101 cm³/mol. The largest absolute Gasteiger partial charge is 0.377 e. The minimum atomic E-state index is -0.862. The molecule has 0 radical (unpaired) electrons. The molecule has 3 aliphatic rings. The van der Waals surface area contributed by atoms with Crippen molar-refractivity contribution in [3.63, 3.8) is 0 Å². The molecule has 3 saturated heterocycles. The molecular formula is C20H19F2N5O. The van der Waals surface area contributed by atoms with Crippen LogP contribution >= 0.6 is 0 Å². The summed E-state index contributed by atoms with van der Waals surface area (Å²) in [6.07, 6.45) is 5.07. The number of piperidine rings is 1. The number of halogens is 2. The lowest BCUT2D eigenvalue weighted by Gasteiger charge is -2.47. The first-order valence-electron chi connectivity index (χ1n) is 9.31. The van der Waals surface area contributed by atoms with Gasteiger partial charge in [-0.25, -0.2) is 13.8 Å². The van der Waals surface area contributed by atoms with Crippen molar-refractivity contribution >= 4 is 22.4 Å². The lowest BCUT2D eigenvalue weighted by molar-refractivity contribution is -0.133. The number of pyridine rings is 1. The number of nitrogens with zero attached hydrogens (tertiary/aromatic N) is 4. The highest BCUT2D eigenvalue weighted by molar-refractivity contribution is 5.90. The number of hydrogen-bond acceptors (Lipinski definition) is 6. The number of nitrogens with one attached hydrogen (secondary N) is 1. The average Bonchev–Trinajstić information content (AvgIpc) is 2.69. The van der Waals surface area contributed by atoms with Crippen molar-refractivity contribution in [2.45, 2.75) is 31.6 Å². The van der Waals surface area contributed by atoms with Crippen LogP contribution in [0.25, 0.3) is 11.0 Å². The Balaban J connectivity index is 1.47. The van der Waals surface area contributed by atoms with Gasteiger partial charge in [0.1, 0.15) is 0 Å². The highest BCUT2D eigenvalue weighted by Crippen LogP contribution is 2.33. The zero-order valence-electron chi connectivity index (χ0n) is 15.3. The van der Waals surface area contributed by atoms with Crippen molar-refractivity contribution in [3.05, 3.63) is 53.9 Å². The van der Waals surface area contributed by atoms with Gasteiger partial charge < -0.3 is 15.0 Å². The number of hydrogen-bond donors (Lipinski definition) is 1. The van der Waals surface area contributed by atoms with Crippen molar-refractivity contribution < 1.29 is 13.5 Å². The summed E-state index contributed by atoms with van der Waals surface area (Å²) in [5, 5.41) is 12.1. The summed E-state index contributed by atoms with van der Waals surface area (Å²) in [5.74, 6) is -1.71. The van der Waals surface area contributed by atoms with Crippen LogP contribution in [0.1, 0.15) is 24.9 Å². The van der Waals surface area contributed by atoms with E-state index in [2.05, 4.69) is 25.4 Å². The van der Waals surface area contributed by atoms with Gasteiger partial charge >= 0.3 is 0 Å². The third-order valence-corrected chi connectivity index (χ3v) is 5.43. The van der Waals surface area contributed by atoms with Crippen LogP contribution in [-0.4, -0.2) is 40.5 Å². The highest BCUT2D eigenvalue weighted by atomic mass is 19.2. The molecule has 2 bridgehead atoms. The van der Waals surface area contributed by atoms with Gasteiger partial charge in [0, 0.05) is 30.5 Å². The van der Waals surface area contributed by atoms with Crippen LogP contribution in [0.3, 0.4) is 0 Å². The summed E-state index contributed by atoms with van der Waals surface area (Å²) in [5.41, 5.74) is 2.42. The molecule has 5 heterocycles. The van der Waals surface area contributed by atoms with E-state index < -0.39 is 17.7 Å². The average molecular weight is 383 g/mol. The first-order valence-corrected chi connectivity index (χ1v) is 9.31. The van der Waals surface area contributed by atoms with E-state index >= 15 is 0 Å². The lowest BCUT2D eigenvalue weighted by Crippen LogP contribution is -2.57. The molecule has 0 amide bonds. The van der Waals surface area contributed by atoms with Crippen LogP contribution in [-0.2, 0) is 4.74 Å². The predicted octanol–water partition coefficient (Wildman–Crippen LogP) is 3.45. The van der Waals surface area contributed by atoms with Crippen LogP contribution in [0.15, 0.2) is 36.7 Å². The Morgan fingerprint density at radius 1 is 1.21 bits per heavy atom. The number of anilines is 2. The lowest BCUT2D eigenvalue weighted by atomic mass is 9.98. The molecule has 8 heteroatoms. The number of aromatic nitrogens is 3. The standard InChI is InChI=1S/C20H19F2N5O/c1-11(15-3-2-4-17(21)19(15)22)25-18-8-24-26-20-16(18)5-12(7-23-20)27-9-13-6-14(10-27)28-13/h2-5,7-8,11,13-14H,6,9-10H2,1H3,(H,23,25,26)/t11-,13?,14?/m1/s1. The Bertz CT molecular complexity index is 1030. The fourth-order valence-corrected chi connectivity index (χ4v) is 3.96. The van der Waals surface area contributed by atoms with Crippen molar-refractivity contribution in [3.8, 4) is 0 Å². The summed E-state index contributed by atoms with van der Waals surface area (Å²) in [7, 11) is 0. The Morgan fingerprint density at radius 2 is 2.00 bits per heavy atom. The number of rotatable bonds is 4. The number of benzene rings is 1. The van der Waals surface area contributed by atoms with Crippen LogP contribution in [0.5, 0.6) is 0 Å². The van der Waals surface area contributed by atoms with Crippen LogP contribution < -0.4 is 10.2 Å². The molecule has 3 aromatic rings. The molecule has 0 spiro atoms. The van der Waals surface area contributed by atoms with Crippen LogP contribution in [0.2, 0.25) is 0 Å². The summed E-state index contributed by atoms with van der Waals surface area (Å²) in [6, 6.07) is 5.73. The molecule has 1 aromatic carbocycles. The second kappa shape index (κ2) is 6.63. The van der Waals surface area contributed by atoms with Gasteiger partial charge in [0.15, 0.2) is 17.3 Å². The smallest absolute Gasteiger partial charge is 0.183 e. The summed E-state index contributed by atoms with van der Waals surface area (Å²) in [4.78, 5) is 6.70. The first-order chi connectivity index (χ1) is 13.6. The maximum atomic E-state index is 14.1. The minimum absolute atomic E-state index is 0.252. The first kappa shape index (κ1) is 17.2. The topological polar surface area (TPSA) is 63.2 Å². The maximum Gasteiger partial charge on any atom is 0.183 e. The molecule has 3 aliphatic heterocycles. The van der Waals surface area contributed by atoms with Gasteiger partial charge in [-0.1, -0.05) is 12.1 Å². The molecular weight excluding hydrogens is 364 g/mol. The Labute approximate surface area is 160 Å². The molecule has 0 aliphatic carbocycles. The van der Waals surface area contributed by atoms with Crippen molar-refractivity contribution in [2.75, 3.05) is 23.3 Å². The summed E-state index contributed by atoms with van der Waals surface area (Å²) >= 11 is 0. The second-order valence-electron chi connectivity index (χ2n) is 7.35. The molecule has 6 rings (SSSR count). The van der Waals surface area contributed by atoms with Gasteiger partial charge in [0.05, 0.1) is 42.0 Å². The Hall–Kier alpha value is -2.87. The zero-order chi connectivity index (χ0) is 19.3. The van der Waals surface area contributed by atoms with E-state index in [9.17, 15) is 8.78 Å². The Morgan fingerprint density at radius 3 is 2.79 bits per heavy atom. The molecule has 28 heavy (non-hydrogen) atoms. The highest BCUT2D eigenvalue weighted by Gasteiger charge is 2.38.